The zero-order valence-electron chi connectivity index (χ0n) is 1.67. The average molecular weight is 181 g/mol. The van der Waals surface area contributed by atoms with Crippen LogP contribution in [-0.4, -0.2) is 0 Å². The van der Waals surface area contributed by atoms with Gasteiger partial charge in [-0.05, 0) is 0 Å². The minimum absolute atomic E-state index is 0. The molecule has 0 aliphatic carbocycles. The van der Waals surface area contributed by atoms with Crippen molar-refractivity contribution in [2.45, 2.75) is 0 Å². The van der Waals surface area contributed by atoms with Gasteiger partial charge in [-0.15, -0.1) is 0 Å². The van der Waals surface area contributed by atoms with Crippen LogP contribution in [0.5, 0.6) is 0 Å². The maximum atomic E-state index is 0. The van der Waals surface area contributed by atoms with E-state index < -0.39 is 0 Å². The third kappa shape index (κ3) is 10.5. The van der Waals surface area contributed by atoms with Gasteiger partial charge in [0, 0.05) is 0 Å². The first-order chi connectivity index (χ1) is 0. The van der Waals surface area contributed by atoms with E-state index >= 15 is 0 Å². The summed E-state index contributed by atoms with van der Waals surface area (Å²) < 4.78 is 0. The molecule has 2 nitrogen and oxygen atoms in total. The van der Waals surface area contributed by atoms with Crippen molar-refractivity contribution >= 4 is 0 Å². The van der Waals surface area contributed by atoms with Crippen molar-refractivity contribution in [2.75, 3.05) is 0 Å². The Balaban J connectivity index is 0. The van der Waals surface area contributed by atoms with Crippen LogP contribution in [-0.2, 0) is 52.1 Å². The number of hydrogen-bond donors (Lipinski definition) is 0. The van der Waals surface area contributed by atoms with Gasteiger partial charge in [0.1, 0.15) is 0 Å². The van der Waals surface area contributed by atoms with Crippen LogP contribution in [0.1, 0.15) is 0 Å². The molecule has 0 saturated heterocycles. The van der Waals surface area contributed by atoms with Crippen LogP contribution in [0.3, 0.4) is 0 Å². The summed E-state index contributed by atoms with van der Waals surface area (Å²) in [5, 5.41) is 0. The maximum Gasteiger partial charge on any atom is 4.00 e. The van der Waals surface area contributed by atoms with Crippen LogP contribution < -0.4 is 0 Å². The molecule has 0 aromatic heterocycles. The van der Waals surface area contributed by atoms with Gasteiger partial charge in [-0.2, -0.15) is 0 Å². The summed E-state index contributed by atoms with van der Waals surface area (Å²) in [4.78, 5) is 0. The fourth-order valence-corrected chi connectivity index (χ4v) is 0. The van der Waals surface area contributed by atoms with Crippen LogP contribution in [0.2, 0.25) is 0 Å². The van der Waals surface area contributed by atoms with Crippen molar-refractivity contribution < 1.29 is 52.1 Å². The molecule has 0 aliphatic rings. The summed E-state index contributed by atoms with van der Waals surface area (Å²) in [6.45, 7) is 0. The molecule has 0 aromatic carbocycles. The van der Waals surface area contributed by atoms with E-state index in [9.17, 15) is 0 Å². The minimum Gasteiger partial charge on any atom is -2.00 e. The van der Waals surface area contributed by atoms with Gasteiger partial charge in [0.15, 0.2) is 0 Å². The van der Waals surface area contributed by atoms with E-state index in [1.54, 1.807) is 0 Å². The van der Waals surface area contributed by atoms with Gasteiger partial charge in [-0.3, -0.25) is 0 Å². The molecule has 1 radical (unpaired) electrons. The van der Waals surface area contributed by atoms with E-state index in [2.05, 4.69) is 0 Å². The third-order valence-corrected chi connectivity index (χ3v) is 0. The molecule has 0 N–H and O–H groups in total. The molecule has 0 fully saturated rings. The molecule has 0 rings (SSSR count). The summed E-state index contributed by atoms with van der Waals surface area (Å²) >= 11 is 0. The van der Waals surface area contributed by atoms with Crippen LogP contribution in [0.4, 0.5) is 0 Å². The number of rotatable bonds is 0. The largest absolute Gasteiger partial charge is 4.00 e. The zero-order valence-corrected chi connectivity index (χ0v) is 4.97. The fourth-order valence-electron chi connectivity index (χ4n) is 0. The van der Waals surface area contributed by atoms with E-state index in [-0.39, 0.29) is 52.1 Å². The molecular formula is O2RuTi+3. The molecule has 0 amide bonds. The average Bonchev–Trinajstić information content (AvgIpc) is 0. The van der Waals surface area contributed by atoms with E-state index in [1.807, 2.05) is 0 Å². The van der Waals surface area contributed by atoms with Crippen molar-refractivity contribution in [1.29, 1.82) is 0 Å². The van der Waals surface area contributed by atoms with Crippen molar-refractivity contribution in [3.8, 4) is 0 Å². The molecule has 21 valence electrons. The monoisotopic (exact) mass is 182 g/mol. The van der Waals surface area contributed by atoms with Gasteiger partial charge >= 0.3 is 41.2 Å². The maximum absolute atomic E-state index is 0. The molecule has 0 atom stereocenters. The molecule has 0 heterocycles. The van der Waals surface area contributed by atoms with Gasteiger partial charge in [0.05, 0.1) is 0 Å². The molecule has 4 heteroatoms. The number of hydrogen-bond acceptors (Lipinski definition) is 0. The standard InChI is InChI=1S/2O.Ru.Ti/q2*-2;+3;+4. The molecule has 0 unspecified atom stereocenters. The summed E-state index contributed by atoms with van der Waals surface area (Å²) in [5.74, 6) is 0. The van der Waals surface area contributed by atoms with Crippen molar-refractivity contribution in [3.05, 3.63) is 0 Å². The van der Waals surface area contributed by atoms with E-state index in [1.165, 1.54) is 0 Å². The predicted molar refractivity (Wildman–Crippen MR) is 1.37 cm³/mol. The van der Waals surface area contributed by atoms with Crippen LogP contribution in [0.25, 0.3) is 0 Å². The predicted octanol–water partition coefficient (Wildman–Crippen LogP) is -0.243. The molecule has 0 bridgehead atoms. The van der Waals surface area contributed by atoms with Crippen molar-refractivity contribution in [2.24, 2.45) is 0 Å². The summed E-state index contributed by atoms with van der Waals surface area (Å²) in [7, 11) is 0. The Labute approximate surface area is 52.2 Å². The first-order valence-electron chi connectivity index (χ1n) is 0. The Hall–Kier alpha value is 1.26. The van der Waals surface area contributed by atoms with Crippen LogP contribution >= 0.6 is 0 Å². The minimum atomic E-state index is 0. The fraction of sp³-hybridized carbons (Fsp3) is 0. The first-order valence-corrected chi connectivity index (χ1v) is 0. The van der Waals surface area contributed by atoms with Crippen LogP contribution in [0.15, 0.2) is 0 Å². The Bertz CT molecular complexity index is 6.00. The Morgan fingerprint density at radius 1 is 0.750 bits per heavy atom. The third-order valence-electron chi connectivity index (χ3n) is 0. The second-order valence-corrected chi connectivity index (χ2v) is 0. The SMILES string of the molecule is [O-2].[O-2].[Ru+3].[Ti+4]. The second kappa shape index (κ2) is 28.6. The van der Waals surface area contributed by atoms with E-state index in [4.69, 9.17) is 0 Å². The second-order valence-electron chi connectivity index (χ2n) is 0. The van der Waals surface area contributed by atoms with Gasteiger partial charge in [-0.25, -0.2) is 0 Å². The Kier molecular flexibility index (Phi) is 430. The summed E-state index contributed by atoms with van der Waals surface area (Å²) in [5.41, 5.74) is 0. The molecule has 0 aliphatic heterocycles. The van der Waals surface area contributed by atoms with Gasteiger partial charge in [0.2, 0.25) is 0 Å². The van der Waals surface area contributed by atoms with Gasteiger partial charge < -0.3 is 11.0 Å². The smallest absolute Gasteiger partial charge is 2.00 e. The molecule has 0 saturated carbocycles. The topological polar surface area (TPSA) is 57.0 Å². The van der Waals surface area contributed by atoms with E-state index in [0.29, 0.717) is 0 Å². The normalized spacial score (nSPS) is 0. The summed E-state index contributed by atoms with van der Waals surface area (Å²) in [6, 6.07) is 0. The first kappa shape index (κ1) is 60.3. The quantitative estimate of drug-likeness (QED) is 0.463. The van der Waals surface area contributed by atoms with Gasteiger partial charge in [-0.1, -0.05) is 0 Å². The summed E-state index contributed by atoms with van der Waals surface area (Å²) in [6.07, 6.45) is 0. The van der Waals surface area contributed by atoms with Gasteiger partial charge in [0.25, 0.3) is 0 Å². The molecule has 4 heavy (non-hydrogen) atoms. The Morgan fingerprint density at radius 3 is 0.750 bits per heavy atom. The van der Waals surface area contributed by atoms with Crippen LogP contribution in [0, 0.1) is 0 Å². The molecule has 0 aromatic rings. The molecule has 0 spiro atoms. The molecular weight excluding hydrogens is 181 g/mol. The zero-order chi connectivity index (χ0) is 0. The Morgan fingerprint density at radius 2 is 0.750 bits per heavy atom. The van der Waals surface area contributed by atoms with E-state index in [0.717, 1.165) is 0 Å². The van der Waals surface area contributed by atoms with Crippen molar-refractivity contribution in [1.82, 2.24) is 0 Å². The van der Waals surface area contributed by atoms with Crippen molar-refractivity contribution in [3.63, 3.8) is 0 Å².